The van der Waals surface area contributed by atoms with Crippen LogP contribution in [0.25, 0.3) is 0 Å². The number of hydrogen-bond donors (Lipinski definition) is 2. The largest absolute Gasteiger partial charge is 0.872 e. The van der Waals surface area contributed by atoms with Crippen LogP contribution in [-0.4, -0.2) is 34.7 Å². The van der Waals surface area contributed by atoms with Crippen molar-refractivity contribution in [2.24, 2.45) is 9.98 Å². The molecule has 6 nitrogen and oxygen atoms in total. The Morgan fingerprint density at radius 2 is 0.647 bits per heavy atom. The zero-order chi connectivity index (χ0) is 58.7. The van der Waals surface area contributed by atoms with E-state index in [4.69, 9.17) is 14.7 Å². The molecule has 7 heteroatoms. The third-order valence-electron chi connectivity index (χ3n) is 16.3. The van der Waals surface area contributed by atoms with Gasteiger partial charge in [-0.1, -0.05) is 267 Å². The molecule has 1 aliphatic rings. The first-order chi connectivity index (χ1) is 40.7. The number of rotatable bonds is 14. The third kappa shape index (κ3) is 13.3. The molecule has 85 heavy (non-hydrogen) atoms. The molecule has 0 unspecified atom stereocenters. The summed E-state index contributed by atoms with van der Waals surface area (Å²) >= 11 is 0. The van der Waals surface area contributed by atoms with Crippen molar-refractivity contribution in [1.82, 2.24) is 0 Å². The van der Waals surface area contributed by atoms with Crippen LogP contribution < -0.4 is 9.84 Å². The summed E-state index contributed by atoms with van der Waals surface area (Å²) in [7, 11) is 0. The first-order valence-electron chi connectivity index (χ1n) is 29.3. The Morgan fingerprint density at radius 1 is 0.376 bits per heavy atom. The van der Waals surface area contributed by atoms with Gasteiger partial charge in [0, 0.05) is 51.5 Å². The van der Waals surface area contributed by atoms with Gasteiger partial charge in [-0.25, -0.2) is 0 Å². The Hall–Kier alpha value is -8.75. The van der Waals surface area contributed by atoms with Crippen LogP contribution in [0.2, 0.25) is 0 Å². The summed E-state index contributed by atoms with van der Waals surface area (Å²) in [6.45, 7) is 13.0. The number of ether oxygens (including phenoxy) is 1. The summed E-state index contributed by atoms with van der Waals surface area (Å²) in [5.74, 6) is 1.93. The Bertz CT molecular complexity index is 3380. The maximum absolute atomic E-state index is 12.3. The quantitative estimate of drug-likeness (QED) is 0.0837. The van der Waals surface area contributed by atoms with Crippen LogP contribution in [-0.2, 0) is 38.4 Å². The van der Waals surface area contributed by atoms with Gasteiger partial charge in [-0.15, -0.1) is 5.75 Å². The number of aromatic hydroxyl groups is 2. The van der Waals surface area contributed by atoms with Crippen molar-refractivity contribution in [3.63, 3.8) is 0 Å². The fourth-order valence-corrected chi connectivity index (χ4v) is 12.1. The predicted molar refractivity (Wildman–Crippen MR) is 344 cm³/mol. The van der Waals surface area contributed by atoms with E-state index < -0.39 is 10.8 Å². The molecule has 1 saturated carbocycles. The number of para-hydroxylation sites is 1. The van der Waals surface area contributed by atoms with Crippen LogP contribution in [0.5, 0.6) is 28.7 Å². The van der Waals surface area contributed by atoms with E-state index in [1.54, 1.807) is 12.1 Å². The van der Waals surface area contributed by atoms with Crippen LogP contribution in [0.15, 0.2) is 271 Å². The Balaban J connectivity index is 0.000000503. The third-order valence-corrected chi connectivity index (χ3v) is 16.3. The summed E-state index contributed by atoms with van der Waals surface area (Å²) in [6.07, 6.45) is 7.62. The van der Waals surface area contributed by atoms with Crippen molar-refractivity contribution in [3.8, 4) is 28.7 Å². The van der Waals surface area contributed by atoms with E-state index >= 15 is 0 Å². The van der Waals surface area contributed by atoms with Crippen molar-refractivity contribution in [1.29, 1.82) is 0 Å². The molecule has 1 radical (unpaired) electrons. The van der Waals surface area contributed by atoms with Crippen molar-refractivity contribution in [2.75, 3.05) is 0 Å². The van der Waals surface area contributed by atoms with E-state index in [9.17, 15) is 15.3 Å². The smallest absolute Gasteiger partial charge is 0.128 e. The minimum absolute atomic E-state index is 0. The molecule has 1 aliphatic carbocycles. The monoisotopic (exact) mass is 1160 g/mol. The van der Waals surface area contributed by atoms with Crippen molar-refractivity contribution >= 4 is 12.4 Å². The molecular formula is C78H75CoN2O4-. The number of phenols is 2. The van der Waals surface area contributed by atoms with Crippen molar-refractivity contribution < 1.29 is 36.8 Å². The molecule has 0 heterocycles. The Morgan fingerprint density at radius 3 is 0.929 bits per heavy atom. The molecule has 0 amide bonds. The number of benzene rings is 10. The van der Waals surface area contributed by atoms with Gasteiger partial charge in [-0.05, 0) is 117 Å². The van der Waals surface area contributed by atoms with Crippen molar-refractivity contribution in [2.45, 2.75) is 101 Å². The Labute approximate surface area is 513 Å². The van der Waals surface area contributed by atoms with Crippen LogP contribution in [0.3, 0.4) is 0 Å². The molecule has 0 aromatic heterocycles. The van der Waals surface area contributed by atoms with Gasteiger partial charge in [-0.2, -0.15) is 0 Å². The number of phenolic OH excluding ortho intramolecular Hbond substituents is 2. The van der Waals surface area contributed by atoms with E-state index in [2.05, 4.69) is 248 Å². The number of hydrogen-bond acceptors (Lipinski definition) is 6. The predicted octanol–water partition coefficient (Wildman–Crippen LogP) is 17.9. The van der Waals surface area contributed by atoms with Crippen molar-refractivity contribution in [3.05, 3.63) is 328 Å². The van der Waals surface area contributed by atoms with Crippen LogP contribution in [0, 0.1) is 0 Å². The molecule has 2 N–H and O–H groups in total. The van der Waals surface area contributed by atoms with E-state index in [0.29, 0.717) is 16.9 Å². The average molecular weight is 1160 g/mol. The SMILES string of the molecule is CC(C)(C)c1cc(C(c2ccccc2)(c2ccccc2)c2ccccc2)cc(C=N[C@@H]2CCCC[C@H]2N=Cc2cc(C(c3ccccc3)(c3ccccc3)c3ccccc3)cc(C(C)(C)C)c2O)c1O.[Co].[O-]c1ccc(Oc2ccccc2)cc1. The molecule has 0 aliphatic heterocycles. The van der Waals surface area contributed by atoms with E-state index in [-0.39, 0.29) is 56.9 Å². The van der Waals surface area contributed by atoms with Crippen LogP contribution in [0.4, 0.5) is 0 Å². The summed E-state index contributed by atoms with van der Waals surface area (Å²) in [5.41, 5.74) is 9.88. The second-order valence-corrected chi connectivity index (χ2v) is 24.0. The van der Waals surface area contributed by atoms with Gasteiger partial charge in [0.15, 0.2) is 0 Å². The average Bonchev–Trinajstić information content (AvgIpc) is 1.16. The van der Waals surface area contributed by atoms with Crippen LogP contribution in [0.1, 0.15) is 134 Å². The standard InChI is InChI=1S/C66H66N2O2.C12H10O2.Co/c1-63(2,3)57-43-55(65(49-27-13-7-14-28-49,50-29-15-8-16-30-50)51-31-17-9-18-32-51)41-47(61(57)69)45-67-59-39-25-26-40-60(59)68-46-48-42-56(44-58(62(48)70)64(4,5)6)66(52-33-19-10-20-34-52,53-35-21-11-22-36-53)54-37-23-12-24-38-54;13-10-6-8-12(9-7-10)14-11-4-2-1-3-5-11;/h7-24,27-38,41-46,59-60,69-70H,25-26,39-40H2,1-6H3;1-9,13H;/p-1/t59-,60-;;/m1../s1. The van der Waals surface area contributed by atoms with E-state index in [1.807, 2.05) is 42.8 Å². The summed E-state index contributed by atoms with van der Waals surface area (Å²) in [6, 6.07) is 88.5. The molecule has 11 rings (SSSR count). The molecule has 10 aromatic carbocycles. The van der Waals surface area contributed by atoms with Crippen LogP contribution >= 0.6 is 0 Å². The van der Waals surface area contributed by atoms with Gasteiger partial charge in [0.1, 0.15) is 23.0 Å². The van der Waals surface area contributed by atoms with Gasteiger partial charge < -0.3 is 20.1 Å². The zero-order valence-corrected chi connectivity index (χ0v) is 50.4. The van der Waals surface area contributed by atoms with Gasteiger partial charge in [-0.3, -0.25) is 9.98 Å². The summed E-state index contributed by atoms with van der Waals surface area (Å²) in [5, 5.41) is 35.4. The minimum Gasteiger partial charge on any atom is -0.872 e. The zero-order valence-electron chi connectivity index (χ0n) is 49.4. The Kier molecular flexibility index (Phi) is 19.2. The molecule has 431 valence electrons. The fraction of sp³-hybridized carbons (Fsp3) is 0.205. The first kappa shape index (κ1) is 60.8. The van der Waals surface area contributed by atoms with Gasteiger partial charge in [0.2, 0.25) is 0 Å². The maximum Gasteiger partial charge on any atom is 0.128 e. The molecule has 2 atom stereocenters. The topological polar surface area (TPSA) is 97.5 Å². The molecule has 10 aromatic rings. The second kappa shape index (κ2) is 26.9. The molecule has 1 fully saturated rings. The summed E-state index contributed by atoms with van der Waals surface area (Å²) < 4.78 is 5.49. The molecule has 0 saturated heterocycles. The fourth-order valence-electron chi connectivity index (χ4n) is 12.1. The maximum atomic E-state index is 12.3. The molecule has 0 spiro atoms. The van der Waals surface area contributed by atoms with E-state index in [1.165, 1.54) is 12.1 Å². The minimum atomic E-state index is -0.695. The van der Waals surface area contributed by atoms with Gasteiger partial charge >= 0.3 is 0 Å². The number of aliphatic imine (C=N–C) groups is 2. The van der Waals surface area contributed by atoms with Gasteiger partial charge in [0.05, 0.1) is 22.9 Å². The van der Waals surface area contributed by atoms with Gasteiger partial charge in [0.25, 0.3) is 0 Å². The molecular weight excluding hydrogens is 1090 g/mol. The number of nitrogens with zero attached hydrogens (tertiary/aromatic N) is 2. The molecule has 0 bridgehead atoms. The second-order valence-electron chi connectivity index (χ2n) is 24.0. The first-order valence-corrected chi connectivity index (χ1v) is 29.3. The van der Waals surface area contributed by atoms with E-state index in [0.717, 1.165) is 87.1 Å². The summed E-state index contributed by atoms with van der Waals surface area (Å²) in [4.78, 5) is 10.7. The normalized spacial score (nSPS) is 14.7.